The molecule has 0 aliphatic rings. The van der Waals surface area contributed by atoms with Crippen LogP contribution in [0.4, 0.5) is 0 Å². The number of Topliss-reactive ketones (excluding diaryl/α,β-unsaturated/α-hetero) is 1. The van der Waals surface area contributed by atoms with Gasteiger partial charge in [0.1, 0.15) is 5.78 Å². The Balaban J connectivity index is 0.000000183. The van der Waals surface area contributed by atoms with Gasteiger partial charge in [0.15, 0.2) is 0 Å². The lowest BCUT2D eigenvalue weighted by Crippen LogP contribution is -1.84. The molecule has 0 aromatic carbocycles. The molecule has 0 aliphatic carbocycles. The van der Waals surface area contributed by atoms with E-state index in [1.165, 1.54) is 0 Å². The molecule has 0 saturated carbocycles. The van der Waals surface area contributed by atoms with E-state index in [2.05, 4.69) is 4.42 Å². The second kappa shape index (κ2) is 7.06. The van der Waals surface area contributed by atoms with Crippen molar-refractivity contribution in [3.8, 4) is 0 Å². The van der Waals surface area contributed by atoms with Crippen molar-refractivity contribution in [1.82, 2.24) is 0 Å². The molecule has 1 rings (SSSR count). The number of hydrogen-bond acceptors (Lipinski definition) is 2. The van der Waals surface area contributed by atoms with E-state index in [0.29, 0.717) is 0 Å². The van der Waals surface area contributed by atoms with Gasteiger partial charge in [0.05, 0.1) is 12.5 Å². The summed E-state index contributed by atoms with van der Waals surface area (Å²) < 4.78 is 4.58. The molecule has 0 unspecified atom stereocenters. The van der Waals surface area contributed by atoms with Gasteiger partial charge in [0.2, 0.25) is 0 Å². The fourth-order valence-corrected chi connectivity index (χ4v) is 0.579. The van der Waals surface area contributed by atoms with E-state index in [0.717, 1.165) is 12.8 Å². The van der Waals surface area contributed by atoms with Crippen molar-refractivity contribution < 1.29 is 9.21 Å². The molecule has 1 aromatic rings. The monoisotopic (exact) mass is 154 g/mol. The van der Waals surface area contributed by atoms with Gasteiger partial charge < -0.3 is 9.21 Å². The zero-order valence-electron chi connectivity index (χ0n) is 7.04. The van der Waals surface area contributed by atoms with Gasteiger partial charge in [0, 0.05) is 6.42 Å². The lowest BCUT2D eigenvalue weighted by atomic mass is 10.3. The molecule has 0 saturated heterocycles. The van der Waals surface area contributed by atoms with Crippen LogP contribution in [0, 0.1) is 0 Å². The highest BCUT2D eigenvalue weighted by molar-refractivity contribution is 5.75. The van der Waals surface area contributed by atoms with Gasteiger partial charge in [-0.3, -0.25) is 0 Å². The normalized spacial score (nSPS) is 8.18. The molecule has 11 heavy (non-hydrogen) atoms. The topological polar surface area (TPSA) is 30.2 Å². The van der Waals surface area contributed by atoms with Crippen LogP contribution in [0.3, 0.4) is 0 Å². The Morgan fingerprint density at radius 2 is 1.91 bits per heavy atom. The Morgan fingerprint density at radius 1 is 1.36 bits per heavy atom. The third kappa shape index (κ3) is 8.95. The predicted octanol–water partition coefficient (Wildman–Crippen LogP) is 2.66. The summed E-state index contributed by atoms with van der Waals surface area (Å²) in [5.41, 5.74) is 0. The molecule has 1 aromatic heterocycles. The summed E-state index contributed by atoms with van der Waals surface area (Å²) in [6.45, 7) is 3.62. The fraction of sp³-hybridized carbons (Fsp3) is 0.444. The van der Waals surface area contributed by atoms with Gasteiger partial charge in [-0.2, -0.15) is 0 Å². The van der Waals surface area contributed by atoms with E-state index >= 15 is 0 Å². The highest BCUT2D eigenvalue weighted by Gasteiger charge is 1.83. The predicted molar refractivity (Wildman–Crippen MR) is 44.3 cm³/mol. The summed E-state index contributed by atoms with van der Waals surface area (Å²) in [5, 5.41) is 0. The quantitative estimate of drug-likeness (QED) is 0.655. The Bertz CT molecular complexity index is 148. The average Bonchev–Trinajstić information content (AvgIpc) is 2.41. The van der Waals surface area contributed by atoms with E-state index < -0.39 is 0 Å². The molecule has 62 valence electrons. The Kier molecular flexibility index (Phi) is 6.39. The number of ketones is 1. The molecule has 2 heteroatoms. The van der Waals surface area contributed by atoms with Gasteiger partial charge in [-0.25, -0.2) is 0 Å². The number of hydrogen-bond donors (Lipinski definition) is 0. The largest absolute Gasteiger partial charge is 0.473 e. The van der Waals surface area contributed by atoms with Crippen molar-refractivity contribution >= 4 is 5.78 Å². The number of carbonyl (C=O) groups is 1. The first-order valence-electron chi connectivity index (χ1n) is 3.74. The number of furan rings is 1. The fourth-order valence-electron chi connectivity index (χ4n) is 0.579. The third-order valence-corrected chi connectivity index (χ3v) is 1.03. The summed E-state index contributed by atoms with van der Waals surface area (Å²) in [6.07, 6.45) is 4.97. The molecule has 0 amide bonds. The molecule has 0 fully saturated rings. The van der Waals surface area contributed by atoms with Crippen molar-refractivity contribution in [2.45, 2.75) is 26.7 Å². The first-order valence-corrected chi connectivity index (χ1v) is 3.74. The minimum absolute atomic E-state index is 0.289. The summed E-state index contributed by atoms with van der Waals surface area (Å²) >= 11 is 0. The van der Waals surface area contributed by atoms with Crippen molar-refractivity contribution in [2.75, 3.05) is 0 Å². The van der Waals surface area contributed by atoms with Crippen LogP contribution in [0.1, 0.15) is 26.7 Å². The van der Waals surface area contributed by atoms with E-state index in [1.807, 2.05) is 19.1 Å². The zero-order chi connectivity index (χ0) is 8.53. The van der Waals surface area contributed by atoms with Gasteiger partial charge in [-0.15, -0.1) is 0 Å². The van der Waals surface area contributed by atoms with E-state index in [1.54, 1.807) is 19.5 Å². The van der Waals surface area contributed by atoms with Crippen molar-refractivity contribution in [2.24, 2.45) is 0 Å². The lowest BCUT2D eigenvalue weighted by Gasteiger charge is -1.80. The summed E-state index contributed by atoms with van der Waals surface area (Å²) in [6, 6.07) is 3.67. The van der Waals surface area contributed by atoms with Crippen molar-refractivity contribution in [1.29, 1.82) is 0 Å². The number of carbonyl (C=O) groups excluding carboxylic acids is 1. The highest BCUT2D eigenvalue weighted by Crippen LogP contribution is 1.84. The maximum atomic E-state index is 10.0. The molecular weight excluding hydrogens is 140 g/mol. The van der Waals surface area contributed by atoms with Crippen LogP contribution < -0.4 is 0 Å². The molecule has 0 bridgehead atoms. The van der Waals surface area contributed by atoms with Crippen molar-refractivity contribution in [3.05, 3.63) is 24.7 Å². The molecule has 1 heterocycles. The molecule has 2 nitrogen and oxygen atoms in total. The minimum atomic E-state index is 0.289. The van der Waals surface area contributed by atoms with Crippen LogP contribution in [0.25, 0.3) is 0 Å². The molecular formula is C9H14O2. The lowest BCUT2D eigenvalue weighted by molar-refractivity contribution is -0.117. The maximum Gasteiger partial charge on any atom is 0.129 e. The van der Waals surface area contributed by atoms with E-state index in [-0.39, 0.29) is 5.78 Å². The smallest absolute Gasteiger partial charge is 0.129 e. The van der Waals surface area contributed by atoms with Crippen LogP contribution in [0.15, 0.2) is 29.1 Å². The van der Waals surface area contributed by atoms with Crippen LogP contribution in [0.2, 0.25) is 0 Å². The van der Waals surface area contributed by atoms with Gasteiger partial charge in [-0.05, 0) is 25.5 Å². The van der Waals surface area contributed by atoms with Gasteiger partial charge >= 0.3 is 0 Å². The summed E-state index contributed by atoms with van der Waals surface area (Å²) in [5.74, 6) is 0.289. The van der Waals surface area contributed by atoms with Gasteiger partial charge in [-0.1, -0.05) is 6.92 Å². The van der Waals surface area contributed by atoms with Crippen molar-refractivity contribution in [3.63, 3.8) is 0 Å². The van der Waals surface area contributed by atoms with Crippen LogP contribution >= 0.6 is 0 Å². The molecule has 0 radical (unpaired) electrons. The molecule has 0 N–H and O–H groups in total. The SMILES string of the molecule is CCCC(C)=O.c1ccoc1. The summed E-state index contributed by atoms with van der Waals surface area (Å²) in [7, 11) is 0. The maximum absolute atomic E-state index is 10.0. The van der Waals surface area contributed by atoms with Gasteiger partial charge in [0.25, 0.3) is 0 Å². The zero-order valence-corrected chi connectivity index (χ0v) is 7.04. The summed E-state index contributed by atoms with van der Waals surface area (Å²) in [4.78, 5) is 10.0. The second-order valence-corrected chi connectivity index (χ2v) is 2.25. The number of rotatable bonds is 2. The standard InChI is InChI=1S/C5H10O.C4H4O/c1-3-4-5(2)6;1-2-4-5-3-1/h3-4H2,1-2H3;1-4H. The first-order chi connectivity index (χ1) is 5.27. The molecule has 0 spiro atoms. The third-order valence-electron chi connectivity index (χ3n) is 1.03. The average molecular weight is 154 g/mol. The Hall–Kier alpha value is -1.05. The van der Waals surface area contributed by atoms with Crippen LogP contribution in [-0.2, 0) is 4.79 Å². The molecule has 0 aliphatic heterocycles. The van der Waals surface area contributed by atoms with Crippen LogP contribution in [0.5, 0.6) is 0 Å². The second-order valence-electron chi connectivity index (χ2n) is 2.25. The highest BCUT2D eigenvalue weighted by atomic mass is 16.3. The van der Waals surface area contributed by atoms with Crippen LogP contribution in [-0.4, -0.2) is 5.78 Å². The van der Waals surface area contributed by atoms with E-state index in [4.69, 9.17) is 0 Å². The molecule has 0 atom stereocenters. The Labute approximate surface area is 67.2 Å². The Morgan fingerprint density at radius 3 is 2.00 bits per heavy atom. The first kappa shape index (κ1) is 9.95. The van der Waals surface area contributed by atoms with E-state index in [9.17, 15) is 4.79 Å². The minimum Gasteiger partial charge on any atom is -0.473 e.